The lowest BCUT2D eigenvalue weighted by atomic mass is 9.87. The molecule has 0 saturated carbocycles. The van der Waals surface area contributed by atoms with E-state index < -0.39 is 9.84 Å². The van der Waals surface area contributed by atoms with Crippen LogP contribution in [0.2, 0.25) is 0 Å². The smallest absolute Gasteiger partial charge is 0.220 e. The van der Waals surface area contributed by atoms with Crippen molar-refractivity contribution in [1.82, 2.24) is 15.5 Å². The molecule has 0 radical (unpaired) electrons. The first-order valence-corrected chi connectivity index (χ1v) is 12.2. The first-order valence-electron chi connectivity index (χ1n) is 10.6. The van der Waals surface area contributed by atoms with Crippen LogP contribution < -0.4 is 10.6 Å². The van der Waals surface area contributed by atoms with Crippen LogP contribution in [0, 0.1) is 5.92 Å². The third kappa shape index (κ3) is 6.72. The minimum atomic E-state index is -3.36. The number of guanidine groups is 1. The number of sulfone groups is 1. The first kappa shape index (κ1) is 24.2. The maximum absolute atomic E-state index is 12.7. The molecule has 1 amide bonds. The quantitative estimate of drug-likeness (QED) is 0.527. The molecule has 8 heteroatoms. The van der Waals surface area contributed by atoms with Crippen molar-refractivity contribution in [2.45, 2.75) is 50.3 Å². The van der Waals surface area contributed by atoms with Gasteiger partial charge in [0.05, 0.1) is 10.6 Å². The molecule has 1 aromatic rings. The van der Waals surface area contributed by atoms with Crippen LogP contribution in [0.4, 0.5) is 0 Å². The average molecular weight is 437 g/mol. The van der Waals surface area contributed by atoms with Crippen LogP contribution >= 0.6 is 0 Å². The molecule has 1 heterocycles. The molecule has 1 fully saturated rings. The molecule has 1 saturated heterocycles. The summed E-state index contributed by atoms with van der Waals surface area (Å²) in [7, 11) is 0.00715. The Hall–Kier alpha value is -2.09. The van der Waals surface area contributed by atoms with Crippen molar-refractivity contribution < 1.29 is 13.2 Å². The fourth-order valence-electron chi connectivity index (χ4n) is 3.62. The van der Waals surface area contributed by atoms with Crippen LogP contribution in [0.15, 0.2) is 34.2 Å². The normalized spacial score (nSPS) is 16.4. The van der Waals surface area contributed by atoms with Crippen LogP contribution in [0.3, 0.4) is 0 Å². The van der Waals surface area contributed by atoms with E-state index in [0.717, 1.165) is 31.5 Å². The van der Waals surface area contributed by atoms with Crippen molar-refractivity contribution in [3.63, 3.8) is 0 Å². The molecule has 2 N–H and O–H groups in total. The number of hydrogen-bond donors (Lipinski definition) is 2. The van der Waals surface area contributed by atoms with Crippen molar-refractivity contribution in [3.05, 3.63) is 29.8 Å². The zero-order valence-electron chi connectivity index (χ0n) is 18.9. The van der Waals surface area contributed by atoms with Gasteiger partial charge in [0.1, 0.15) is 0 Å². The lowest BCUT2D eigenvalue weighted by molar-refractivity contribution is -0.121. The number of carbonyl (C=O) groups is 1. The number of nitrogens with one attached hydrogen (secondary N) is 2. The zero-order chi connectivity index (χ0) is 22.4. The lowest BCUT2D eigenvalue weighted by Crippen LogP contribution is -2.47. The SMILES string of the molecule is CN=C(NCCS(=O)(=O)c1ccc(C(C)(C)C)cc1)N1CCC(CC(=O)NC)CC1. The second-order valence-electron chi connectivity index (χ2n) is 8.87. The Labute approximate surface area is 181 Å². The molecule has 0 spiro atoms. The van der Waals surface area contributed by atoms with E-state index in [4.69, 9.17) is 0 Å². The zero-order valence-corrected chi connectivity index (χ0v) is 19.7. The van der Waals surface area contributed by atoms with Crippen LogP contribution in [0.5, 0.6) is 0 Å². The van der Waals surface area contributed by atoms with Gasteiger partial charge in [-0.1, -0.05) is 32.9 Å². The summed E-state index contributed by atoms with van der Waals surface area (Å²) in [4.78, 5) is 18.3. The monoisotopic (exact) mass is 436 g/mol. The summed E-state index contributed by atoms with van der Waals surface area (Å²) in [5.41, 5.74) is 1.10. The Morgan fingerprint density at radius 2 is 1.77 bits per heavy atom. The molecule has 168 valence electrons. The third-order valence-electron chi connectivity index (χ3n) is 5.61. The van der Waals surface area contributed by atoms with Crippen LogP contribution in [-0.4, -0.2) is 64.7 Å². The summed E-state index contributed by atoms with van der Waals surface area (Å²) < 4.78 is 25.4. The fraction of sp³-hybridized carbons (Fsp3) is 0.636. The maximum atomic E-state index is 12.7. The van der Waals surface area contributed by atoms with Gasteiger partial charge >= 0.3 is 0 Å². The van der Waals surface area contributed by atoms with E-state index in [1.165, 1.54) is 0 Å². The average Bonchev–Trinajstić information content (AvgIpc) is 2.71. The van der Waals surface area contributed by atoms with Crippen molar-refractivity contribution >= 4 is 21.7 Å². The van der Waals surface area contributed by atoms with Gasteiger partial charge < -0.3 is 15.5 Å². The van der Waals surface area contributed by atoms with Crippen molar-refractivity contribution in [2.24, 2.45) is 10.9 Å². The first-order chi connectivity index (χ1) is 14.1. The summed E-state index contributed by atoms with van der Waals surface area (Å²) in [5.74, 6) is 1.19. The Kier molecular flexibility index (Phi) is 8.29. The number of nitrogens with zero attached hydrogens (tertiary/aromatic N) is 2. The predicted molar refractivity (Wildman–Crippen MR) is 122 cm³/mol. The van der Waals surface area contributed by atoms with Gasteiger partial charge in [0.25, 0.3) is 0 Å². The van der Waals surface area contributed by atoms with E-state index in [1.54, 1.807) is 26.2 Å². The second-order valence-corrected chi connectivity index (χ2v) is 11.0. The van der Waals surface area contributed by atoms with E-state index in [1.807, 2.05) is 12.1 Å². The Morgan fingerprint density at radius 3 is 2.27 bits per heavy atom. The van der Waals surface area contributed by atoms with Crippen LogP contribution in [-0.2, 0) is 20.0 Å². The molecular formula is C22H36N4O3S. The molecule has 1 aliphatic heterocycles. The number of piperidine rings is 1. The molecule has 30 heavy (non-hydrogen) atoms. The highest BCUT2D eigenvalue weighted by atomic mass is 32.2. The number of amides is 1. The fourth-order valence-corrected chi connectivity index (χ4v) is 4.78. The van der Waals surface area contributed by atoms with Crippen molar-refractivity contribution in [2.75, 3.05) is 39.5 Å². The molecule has 1 aromatic carbocycles. The summed E-state index contributed by atoms with van der Waals surface area (Å²) >= 11 is 0. The van der Waals surface area contributed by atoms with E-state index in [0.29, 0.717) is 29.7 Å². The molecule has 7 nitrogen and oxygen atoms in total. The van der Waals surface area contributed by atoms with E-state index >= 15 is 0 Å². The van der Waals surface area contributed by atoms with Crippen molar-refractivity contribution in [3.8, 4) is 0 Å². The standard InChI is InChI=1S/C22H36N4O3S/c1-22(2,3)18-6-8-19(9-7-18)30(28,29)15-12-25-21(24-5)26-13-10-17(11-14-26)16-20(27)23-4/h6-9,17H,10-16H2,1-5H3,(H,23,27)(H,24,25). The Balaban J connectivity index is 1.86. The molecule has 2 rings (SSSR count). The van der Waals surface area contributed by atoms with Gasteiger partial charge in [-0.15, -0.1) is 0 Å². The predicted octanol–water partition coefficient (Wildman–Crippen LogP) is 2.18. The number of hydrogen-bond acceptors (Lipinski definition) is 4. The molecule has 0 bridgehead atoms. The number of likely N-dealkylation sites (tertiary alicyclic amines) is 1. The summed E-state index contributed by atoms with van der Waals surface area (Å²) in [6.07, 6.45) is 2.40. The number of aliphatic imine (C=N–C) groups is 1. The number of rotatable bonds is 6. The summed E-state index contributed by atoms with van der Waals surface area (Å²) in [6, 6.07) is 7.17. The van der Waals surface area contributed by atoms with Gasteiger partial charge in [0.2, 0.25) is 5.91 Å². The molecule has 0 atom stereocenters. The molecule has 0 aliphatic carbocycles. The molecular weight excluding hydrogens is 400 g/mol. The van der Waals surface area contributed by atoms with Gasteiger partial charge in [-0.25, -0.2) is 8.42 Å². The maximum Gasteiger partial charge on any atom is 0.220 e. The largest absolute Gasteiger partial charge is 0.359 e. The highest BCUT2D eigenvalue weighted by Crippen LogP contribution is 2.24. The molecule has 0 aromatic heterocycles. The highest BCUT2D eigenvalue weighted by molar-refractivity contribution is 7.91. The van der Waals surface area contributed by atoms with Crippen LogP contribution in [0.25, 0.3) is 0 Å². The minimum absolute atomic E-state index is 0.00796. The minimum Gasteiger partial charge on any atom is -0.359 e. The highest BCUT2D eigenvalue weighted by Gasteiger charge is 2.23. The summed E-state index contributed by atoms with van der Waals surface area (Å²) in [6.45, 7) is 8.23. The van der Waals surface area contributed by atoms with E-state index in [-0.39, 0.29) is 17.1 Å². The van der Waals surface area contributed by atoms with Gasteiger partial charge in [0, 0.05) is 40.2 Å². The third-order valence-corrected chi connectivity index (χ3v) is 7.34. The Morgan fingerprint density at radius 1 is 1.17 bits per heavy atom. The number of benzene rings is 1. The van der Waals surface area contributed by atoms with Crippen LogP contribution in [0.1, 0.15) is 45.6 Å². The number of carbonyl (C=O) groups excluding carboxylic acids is 1. The molecule has 1 aliphatic rings. The van der Waals surface area contributed by atoms with Gasteiger partial charge in [-0.2, -0.15) is 0 Å². The molecule has 0 unspecified atom stereocenters. The van der Waals surface area contributed by atoms with Gasteiger partial charge in [0.15, 0.2) is 15.8 Å². The van der Waals surface area contributed by atoms with E-state index in [2.05, 4.69) is 41.3 Å². The summed E-state index contributed by atoms with van der Waals surface area (Å²) in [5, 5.41) is 5.86. The van der Waals surface area contributed by atoms with E-state index in [9.17, 15) is 13.2 Å². The van der Waals surface area contributed by atoms with Gasteiger partial charge in [-0.3, -0.25) is 9.79 Å². The second kappa shape index (κ2) is 10.3. The topological polar surface area (TPSA) is 90.9 Å². The van der Waals surface area contributed by atoms with Gasteiger partial charge in [-0.05, 0) is 41.9 Å². The Bertz CT molecular complexity index is 834. The lowest BCUT2D eigenvalue weighted by Gasteiger charge is -2.34. The van der Waals surface area contributed by atoms with Crippen molar-refractivity contribution in [1.29, 1.82) is 0 Å².